The largest absolute Gasteiger partial charge is 0.483 e. The molecule has 0 radical (unpaired) electrons. The number of amides is 1. The van der Waals surface area contributed by atoms with Crippen LogP contribution in [0.1, 0.15) is 43.3 Å². The zero-order chi connectivity index (χ0) is 27.4. The summed E-state index contributed by atoms with van der Waals surface area (Å²) in [5.41, 5.74) is 0.129. The fourth-order valence-corrected chi connectivity index (χ4v) is 4.09. The molecule has 10 heteroatoms. The van der Waals surface area contributed by atoms with Crippen LogP contribution in [0.4, 0.5) is 36.8 Å². The van der Waals surface area contributed by atoms with E-state index in [1.54, 1.807) is 61.2 Å². The highest BCUT2D eigenvalue weighted by Gasteiger charge is 2.39. The minimum absolute atomic E-state index is 0.176. The Morgan fingerprint density at radius 1 is 0.919 bits per heavy atom. The standard InChI is InChI=1S/C26H22F4N2O.CF2O/c1-25(2,22-12-7-13-23(31-22)26(28,29)30)16-18-15-21(17-8-6-9-19(27)14-17)32(24(18)33)20-10-4-3-5-11-20;2-1(3)4/h3-15,21H,16H2,1-2H3;. The van der Waals surface area contributed by atoms with E-state index < -0.39 is 35.4 Å². The molecule has 0 aliphatic carbocycles. The monoisotopic (exact) mass is 520 g/mol. The summed E-state index contributed by atoms with van der Waals surface area (Å²) < 4.78 is 72.8. The number of nitrogens with zero attached hydrogens (tertiary/aromatic N) is 2. The average Bonchev–Trinajstić information content (AvgIpc) is 3.14. The van der Waals surface area contributed by atoms with Crippen LogP contribution in [0.3, 0.4) is 0 Å². The van der Waals surface area contributed by atoms with Crippen molar-refractivity contribution in [2.45, 2.75) is 37.9 Å². The first-order chi connectivity index (χ1) is 17.3. The SMILES string of the molecule is CC(C)(CC1=CC(c2cccc(F)c2)N(c2ccccc2)C1=O)c1cccc(C(F)(F)F)n1.O=C(F)F. The highest BCUT2D eigenvalue weighted by molar-refractivity contribution is 6.09. The van der Waals surface area contributed by atoms with Gasteiger partial charge in [0, 0.05) is 22.4 Å². The number of alkyl halides is 3. The topological polar surface area (TPSA) is 50.3 Å². The van der Waals surface area contributed by atoms with Crippen LogP contribution in [0.2, 0.25) is 0 Å². The van der Waals surface area contributed by atoms with E-state index in [-0.39, 0.29) is 18.0 Å². The van der Waals surface area contributed by atoms with Gasteiger partial charge in [-0.1, -0.05) is 50.2 Å². The Kier molecular flexibility index (Phi) is 8.20. The summed E-state index contributed by atoms with van der Waals surface area (Å²) in [5.74, 6) is -0.682. The van der Waals surface area contributed by atoms with Gasteiger partial charge in [0.05, 0.1) is 6.04 Å². The molecule has 0 saturated carbocycles. The van der Waals surface area contributed by atoms with Gasteiger partial charge in [-0.2, -0.15) is 13.2 Å². The molecule has 1 unspecified atom stereocenters. The molecule has 1 aliphatic rings. The van der Waals surface area contributed by atoms with Crippen LogP contribution < -0.4 is 4.90 Å². The van der Waals surface area contributed by atoms with Gasteiger partial charge in [0.15, 0.2) is 0 Å². The van der Waals surface area contributed by atoms with Crippen molar-refractivity contribution in [3.05, 3.63) is 107 Å². The van der Waals surface area contributed by atoms with Gasteiger partial charge in [-0.25, -0.2) is 14.2 Å². The summed E-state index contributed by atoms with van der Waals surface area (Å²) in [7, 11) is 0. The molecular weight excluding hydrogens is 498 g/mol. The number of hydrogen-bond acceptors (Lipinski definition) is 3. The van der Waals surface area contributed by atoms with Crippen molar-refractivity contribution in [1.29, 1.82) is 0 Å². The maximum Gasteiger partial charge on any atom is 0.483 e. The Labute approximate surface area is 209 Å². The quantitative estimate of drug-likeness (QED) is 0.256. The lowest BCUT2D eigenvalue weighted by Crippen LogP contribution is -2.31. The lowest BCUT2D eigenvalue weighted by Gasteiger charge is -2.27. The summed E-state index contributed by atoms with van der Waals surface area (Å²) in [6.45, 7) is 3.51. The number of benzene rings is 2. The lowest BCUT2D eigenvalue weighted by atomic mass is 9.81. The molecule has 0 N–H and O–H groups in total. The Morgan fingerprint density at radius 2 is 1.51 bits per heavy atom. The van der Waals surface area contributed by atoms with Crippen molar-refractivity contribution < 1.29 is 35.9 Å². The van der Waals surface area contributed by atoms with Gasteiger partial charge in [-0.05, 0) is 54.5 Å². The van der Waals surface area contributed by atoms with Crippen LogP contribution in [0, 0.1) is 5.82 Å². The highest BCUT2D eigenvalue weighted by Crippen LogP contribution is 2.40. The predicted molar refractivity (Wildman–Crippen MR) is 126 cm³/mol. The van der Waals surface area contributed by atoms with Gasteiger partial charge in [0.25, 0.3) is 5.91 Å². The van der Waals surface area contributed by atoms with Crippen LogP contribution in [0.25, 0.3) is 0 Å². The molecular formula is C27H22F6N2O2. The molecule has 2 heterocycles. The molecule has 0 fully saturated rings. The van der Waals surface area contributed by atoms with Gasteiger partial charge in [0.1, 0.15) is 11.5 Å². The number of anilines is 1. The van der Waals surface area contributed by atoms with Gasteiger partial charge >= 0.3 is 12.5 Å². The minimum Gasteiger partial charge on any atom is -0.298 e. The first-order valence-electron chi connectivity index (χ1n) is 11.0. The average molecular weight is 520 g/mol. The first kappa shape index (κ1) is 27.6. The van der Waals surface area contributed by atoms with Crippen molar-refractivity contribution in [2.75, 3.05) is 4.90 Å². The first-order valence-corrected chi connectivity index (χ1v) is 11.0. The van der Waals surface area contributed by atoms with E-state index in [0.717, 1.165) is 6.07 Å². The van der Waals surface area contributed by atoms with Gasteiger partial charge in [-0.3, -0.25) is 9.69 Å². The molecule has 1 atom stereocenters. The second kappa shape index (κ2) is 11.0. The molecule has 4 rings (SSSR count). The van der Waals surface area contributed by atoms with Gasteiger partial charge < -0.3 is 0 Å². The maximum atomic E-state index is 13.9. The second-order valence-electron chi connectivity index (χ2n) is 8.89. The Bertz CT molecular complexity index is 1300. The Balaban J connectivity index is 0.000000886. The van der Waals surface area contributed by atoms with E-state index in [1.807, 2.05) is 6.07 Å². The molecule has 1 aliphatic heterocycles. The summed E-state index contributed by atoms with van der Waals surface area (Å²) in [4.78, 5) is 27.0. The third-order valence-corrected chi connectivity index (χ3v) is 5.72. The molecule has 4 nitrogen and oxygen atoms in total. The molecule has 194 valence electrons. The van der Waals surface area contributed by atoms with Crippen LogP contribution >= 0.6 is 0 Å². The number of aromatic nitrogens is 1. The smallest absolute Gasteiger partial charge is 0.298 e. The van der Waals surface area contributed by atoms with Crippen molar-refractivity contribution >= 4 is 17.9 Å². The van der Waals surface area contributed by atoms with E-state index in [9.17, 15) is 31.1 Å². The minimum atomic E-state index is -4.55. The molecule has 37 heavy (non-hydrogen) atoms. The summed E-state index contributed by atoms with van der Waals surface area (Å²) >= 11 is 0. The summed E-state index contributed by atoms with van der Waals surface area (Å²) in [6, 6.07) is 18.3. The molecule has 1 aromatic heterocycles. The summed E-state index contributed by atoms with van der Waals surface area (Å²) in [5, 5.41) is 0. The maximum absolute atomic E-state index is 13.9. The number of pyridine rings is 1. The molecule has 0 saturated heterocycles. The lowest BCUT2D eigenvalue weighted by molar-refractivity contribution is -0.141. The zero-order valence-electron chi connectivity index (χ0n) is 19.8. The van der Waals surface area contributed by atoms with Crippen LogP contribution in [-0.2, 0) is 16.4 Å². The number of carbonyl (C=O) groups is 2. The molecule has 0 bridgehead atoms. The number of hydrogen-bond donors (Lipinski definition) is 0. The zero-order valence-corrected chi connectivity index (χ0v) is 19.8. The van der Waals surface area contributed by atoms with E-state index in [0.29, 0.717) is 16.8 Å². The van der Waals surface area contributed by atoms with E-state index in [1.165, 1.54) is 24.3 Å². The third-order valence-electron chi connectivity index (χ3n) is 5.72. The second-order valence-corrected chi connectivity index (χ2v) is 8.89. The van der Waals surface area contributed by atoms with E-state index in [2.05, 4.69) is 4.98 Å². The third kappa shape index (κ3) is 6.84. The van der Waals surface area contributed by atoms with E-state index >= 15 is 0 Å². The number of carbonyl (C=O) groups excluding carboxylic acids is 2. The Hall–Kier alpha value is -3.95. The normalized spacial score (nSPS) is 15.7. The van der Waals surface area contributed by atoms with Gasteiger partial charge in [0.2, 0.25) is 0 Å². The number of halogens is 6. The van der Waals surface area contributed by atoms with Crippen LogP contribution in [0.5, 0.6) is 0 Å². The van der Waals surface area contributed by atoms with Crippen molar-refractivity contribution in [2.24, 2.45) is 0 Å². The fourth-order valence-electron chi connectivity index (χ4n) is 4.09. The van der Waals surface area contributed by atoms with Crippen molar-refractivity contribution in [3.63, 3.8) is 0 Å². The molecule has 3 aromatic rings. The van der Waals surface area contributed by atoms with Gasteiger partial charge in [-0.15, -0.1) is 8.78 Å². The summed E-state index contributed by atoms with van der Waals surface area (Å²) in [6.07, 6.45) is -5.45. The number of para-hydroxylation sites is 1. The molecule has 0 spiro atoms. The van der Waals surface area contributed by atoms with E-state index in [4.69, 9.17) is 4.79 Å². The number of rotatable bonds is 5. The molecule has 1 amide bonds. The van der Waals surface area contributed by atoms with Crippen LogP contribution in [0.15, 0.2) is 84.4 Å². The highest BCUT2D eigenvalue weighted by atomic mass is 19.4. The van der Waals surface area contributed by atoms with Crippen molar-refractivity contribution in [1.82, 2.24) is 4.98 Å². The predicted octanol–water partition coefficient (Wildman–Crippen LogP) is 7.67. The Morgan fingerprint density at radius 3 is 2.11 bits per heavy atom. The van der Waals surface area contributed by atoms with Crippen molar-refractivity contribution in [3.8, 4) is 0 Å². The molecule has 2 aromatic carbocycles. The fraction of sp³-hybridized carbons (Fsp3) is 0.222. The van der Waals surface area contributed by atoms with Crippen LogP contribution in [-0.4, -0.2) is 17.2 Å².